The zero-order valence-electron chi connectivity index (χ0n) is 13.0. The summed E-state index contributed by atoms with van der Waals surface area (Å²) in [4.78, 5) is 38.0. The fourth-order valence-corrected chi connectivity index (χ4v) is 2.07. The van der Waals surface area contributed by atoms with Crippen LogP contribution in [0.1, 0.15) is 20.3 Å². The van der Waals surface area contributed by atoms with Gasteiger partial charge in [-0.25, -0.2) is 0 Å². The molecule has 4 N–H and O–H groups in total. The number of H-pyrrole nitrogens is 1. The van der Waals surface area contributed by atoms with Crippen molar-refractivity contribution in [1.82, 2.24) is 10.3 Å². The number of hydrogen-bond donors (Lipinski definition) is 4. The van der Waals surface area contributed by atoms with Crippen LogP contribution in [-0.4, -0.2) is 28.4 Å². The maximum absolute atomic E-state index is 12.0. The van der Waals surface area contributed by atoms with Crippen LogP contribution in [0, 0.1) is 5.92 Å². The Hall–Kier alpha value is -2.83. The quantitative estimate of drug-likeness (QED) is 0.637. The number of anilines is 1. The van der Waals surface area contributed by atoms with E-state index >= 15 is 0 Å². The fraction of sp³-hybridized carbons (Fsp3) is 0.312. The van der Waals surface area contributed by atoms with E-state index in [4.69, 9.17) is 0 Å². The fourth-order valence-electron chi connectivity index (χ4n) is 2.07. The van der Waals surface area contributed by atoms with Crippen LogP contribution in [0.15, 0.2) is 29.1 Å². The van der Waals surface area contributed by atoms with Gasteiger partial charge in [-0.15, -0.1) is 0 Å². The number of aromatic nitrogens is 1. The monoisotopic (exact) mass is 317 g/mol. The van der Waals surface area contributed by atoms with Gasteiger partial charge < -0.3 is 20.7 Å². The van der Waals surface area contributed by atoms with E-state index in [1.165, 1.54) is 0 Å². The number of aromatic amines is 1. The molecule has 0 radical (unpaired) electrons. The van der Waals surface area contributed by atoms with Gasteiger partial charge in [-0.1, -0.05) is 26.0 Å². The van der Waals surface area contributed by atoms with Crippen LogP contribution in [0.3, 0.4) is 0 Å². The molecule has 0 bridgehead atoms. The molecule has 122 valence electrons. The summed E-state index contributed by atoms with van der Waals surface area (Å²) < 4.78 is 0. The van der Waals surface area contributed by atoms with E-state index < -0.39 is 17.4 Å². The van der Waals surface area contributed by atoms with Gasteiger partial charge in [0.15, 0.2) is 11.4 Å². The minimum Gasteiger partial charge on any atom is -0.505 e. The average Bonchev–Trinajstić information content (AvgIpc) is 2.50. The first-order valence-electron chi connectivity index (χ1n) is 7.33. The molecule has 0 aliphatic rings. The molecule has 0 fully saturated rings. The van der Waals surface area contributed by atoms with Gasteiger partial charge in [0.2, 0.25) is 0 Å². The third kappa shape index (κ3) is 3.88. The molecule has 2 aromatic rings. The molecule has 0 aliphatic heterocycles. The summed E-state index contributed by atoms with van der Waals surface area (Å²) in [5, 5.41) is 15.1. The van der Waals surface area contributed by atoms with E-state index in [2.05, 4.69) is 15.6 Å². The molecule has 0 atom stereocenters. The van der Waals surface area contributed by atoms with E-state index in [0.29, 0.717) is 23.4 Å². The van der Waals surface area contributed by atoms with Crippen LogP contribution < -0.4 is 16.2 Å². The maximum Gasteiger partial charge on any atom is 0.313 e. The summed E-state index contributed by atoms with van der Waals surface area (Å²) in [6.07, 6.45) is 0.737. The highest BCUT2D eigenvalue weighted by molar-refractivity contribution is 6.39. The summed E-state index contributed by atoms with van der Waals surface area (Å²) in [5.41, 5.74) is -0.577. The molecule has 1 heterocycles. The van der Waals surface area contributed by atoms with E-state index in [1.807, 2.05) is 13.8 Å². The van der Waals surface area contributed by atoms with Gasteiger partial charge in [0.1, 0.15) is 0 Å². The molecule has 0 aliphatic carbocycles. The lowest BCUT2D eigenvalue weighted by Gasteiger charge is -2.10. The lowest BCUT2D eigenvalue weighted by molar-refractivity contribution is -0.136. The number of benzene rings is 1. The zero-order chi connectivity index (χ0) is 17.0. The molecule has 1 aromatic carbocycles. The smallest absolute Gasteiger partial charge is 0.313 e. The van der Waals surface area contributed by atoms with Crippen molar-refractivity contribution in [1.29, 1.82) is 0 Å². The topological polar surface area (TPSA) is 111 Å². The summed E-state index contributed by atoms with van der Waals surface area (Å²) in [5.74, 6) is -1.82. The van der Waals surface area contributed by atoms with Gasteiger partial charge in [0, 0.05) is 11.9 Å². The number of carbonyl (C=O) groups excluding carboxylic acids is 2. The van der Waals surface area contributed by atoms with Crippen molar-refractivity contribution in [2.24, 2.45) is 5.92 Å². The summed E-state index contributed by atoms with van der Waals surface area (Å²) in [7, 11) is 0. The number of carbonyl (C=O) groups is 2. The molecule has 23 heavy (non-hydrogen) atoms. The van der Waals surface area contributed by atoms with Crippen LogP contribution in [0.5, 0.6) is 5.75 Å². The van der Waals surface area contributed by atoms with Crippen LogP contribution >= 0.6 is 0 Å². The van der Waals surface area contributed by atoms with Crippen molar-refractivity contribution >= 4 is 28.4 Å². The minimum absolute atomic E-state index is 0.340. The molecule has 1 aromatic heterocycles. The second-order valence-electron chi connectivity index (χ2n) is 5.62. The Bertz CT molecular complexity index is 796. The molecule has 0 saturated heterocycles. The van der Waals surface area contributed by atoms with Crippen molar-refractivity contribution in [3.05, 3.63) is 34.6 Å². The standard InChI is InChI=1S/C16H19N3O4/c1-9(2)7-8-17-15(22)16(23)19-12-13(20)10-5-3-4-6-11(10)18-14(12)21/h3-6,9H,7-8H2,1-2H3,(H,17,22)(H,19,23)(H2,18,20,21). The number of amides is 2. The number of para-hydroxylation sites is 1. The second-order valence-corrected chi connectivity index (χ2v) is 5.62. The van der Waals surface area contributed by atoms with Crippen molar-refractivity contribution in [3.63, 3.8) is 0 Å². The molecular formula is C16H19N3O4. The Morgan fingerprint density at radius 3 is 2.61 bits per heavy atom. The molecule has 2 amide bonds. The lowest BCUT2D eigenvalue weighted by Crippen LogP contribution is -2.37. The van der Waals surface area contributed by atoms with Crippen molar-refractivity contribution in [3.8, 4) is 5.75 Å². The van der Waals surface area contributed by atoms with Crippen molar-refractivity contribution in [2.75, 3.05) is 11.9 Å². The highest BCUT2D eigenvalue weighted by Crippen LogP contribution is 2.27. The number of pyridine rings is 1. The first-order valence-corrected chi connectivity index (χ1v) is 7.33. The first-order chi connectivity index (χ1) is 10.9. The molecule has 0 saturated carbocycles. The Morgan fingerprint density at radius 1 is 1.22 bits per heavy atom. The van der Waals surface area contributed by atoms with Gasteiger partial charge in [0.25, 0.3) is 5.56 Å². The largest absolute Gasteiger partial charge is 0.505 e. The Labute approximate surface area is 132 Å². The number of hydrogen-bond acceptors (Lipinski definition) is 4. The third-order valence-electron chi connectivity index (χ3n) is 3.35. The SMILES string of the molecule is CC(C)CCNC(=O)C(=O)Nc1c(O)c2ccccc2[nH]c1=O. The van der Waals surface area contributed by atoms with Gasteiger partial charge in [-0.05, 0) is 24.5 Å². The van der Waals surface area contributed by atoms with Crippen LogP contribution in [-0.2, 0) is 9.59 Å². The van der Waals surface area contributed by atoms with E-state index in [-0.39, 0.29) is 11.4 Å². The predicted molar refractivity (Wildman–Crippen MR) is 87.3 cm³/mol. The first kappa shape index (κ1) is 16.5. The maximum atomic E-state index is 12.0. The Morgan fingerprint density at radius 2 is 1.91 bits per heavy atom. The summed E-state index contributed by atoms with van der Waals surface area (Å²) in [6.45, 7) is 4.36. The van der Waals surface area contributed by atoms with E-state index in [9.17, 15) is 19.5 Å². The van der Waals surface area contributed by atoms with Crippen molar-refractivity contribution < 1.29 is 14.7 Å². The normalized spacial score (nSPS) is 10.7. The van der Waals surface area contributed by atoms with E-state index in [0.717, 1.165) is 6.42 Å². The number of nitrogens with one attached hydrogen (secondary N) is 3. The summed E-state index contributed by atoms with van der Waals surface area (Å²) in [6, 6.07) is 6.61. The minimum atomic E-state index is -0.996. The number of rotatable bonds is 4. The van der Waals surface area contributed by atoms with Gasteiger partial charge in [0.05, 0.1) is 5.52 Å². The predicted octanol–water partition coefficient (Wildman–Crippen LogP) is 1.33. The Kier molecular flexibility index (Phi) is 5.00. The number of aromatic hydroxyl groups is 1. The molecule has 7 nitrogen and oxygen atoms in total. The highest BCUT2D eigenvalue weighted by Gasteiger charge is 2.19. The van der Waals surface area contributed by atoms with Crippen LogP contribution in [0.2, 0.25) is 0 Å². The molecule has 0 unspecified atom stereocenters. The van der Waals surface area contributed by atoms with Crippen LogP contribution in [0.25, 0.3) is 10.9 Å². The average molecular weight is 317 g/mol. The van der Waals surface area contributed by atoms with Crippen molar-refractivity contribution in [2.45, 2.75) is 20.3 Å². The van der Waals surface area contributed by atoms with Gasteiger partial charge in [-0.2, -0.15) is 0 Å². The Balaban J connectivity index is 2.16. The molecule has 7 heteroatoms. The summed E-state index contributed by atoms with van der Waals surface area (Å²) >= 11 is 0. The molecule has 0 spiro atoms. The molecular weight excluding hydrogens is 298 g/mol. The van der Waals surface area contributed by atoms with Crippen LogP contribution in [0.4, 0.5) is 5.69 Å². The van der Waals surface area contributed by atoms with E-state index in [1.54, 1.807) is 24.3 Å². The lowest BCUT2D eigenvalue weighted by atomic mass is 10.1. The third-order valence-corrected chi connectivity index (χ3v) is 3.35. The number of fused-ring (bicyclic) bond motifs is 1. The second kappa shape index (κ2) is 6.95. The van der Waals surface area contributed by atoms with Gasteiger partial charge >= 0.3 is 11.8 Å². The zero-order valence-corrected chi connectivity index (χ0v) is 13.0. The van der Waals surface area contributed by atoms with Gasteiger partial charge in [-0.3, -0.25) is 14.4 Å². The molecule has 2 rings (SSSR count). The highest BCUT2D eigenvalue weighted by atomic mass is 16.3.